The van der Waals surface area contributed by atoms with E-state index < -0.39 is 23.7 Å². The number of benzene rings is 2. The molecule has 9 heteroatoms. The smallest absolute Gasteiger partial charge is 0.262 e. The van der Waals surface area contributed by atoms with E-state index in [4.69, 9.17) is 9.47 Å². The molecule has 0 aliphatic rings. The van der Waals surface area contributed by atoms with E-state index in [1.54, 1.807) is 39.2 Å². The fourth-order valence-corrected chi connectivity index (χ4v) is 3.49. The summed E-state index contributed by atoms with van der Waals surface area (Å²) >= 11 is 3.48. The number of hydrazone groups is 1. The van der Waals surface area contributed by atoms with Gasteiger partial charge in [0.15, 0.2) is 11.5 Å². The molecule has 0 aromatic heterocycles. The molecule has 2 N–H and O–H groups in total. The molecule has 1 atom stereocenters. The van der Waals surface area contributed by atoms with Crippen molar-refractivity contribution in [3.05, 3.63) is 57.8 Å². The zero-order valence-electron chi connectivity index (χ0n) is 19.2. The molecule has 2 amide bonds. The molecular weight excluding hydrogens is 493 g/mol. The van der Waals surface area contributed by atoms with Crippen molar-refractivity contribution >= 4 is 34.0 Å². The van der Waals surface area contributed by atoms with E-state index in [1.165, 1.54) is 24.4 Å². The predicted octanol–water partition coefficient (Wildman–Crippen LogP) is 4.68. The number of amides is 2. The molecule has 2 rings (SSSR count). The van der Waals surface area contributed by atoms with Crippen molar-refractivity contribution in [2.45, 2.75) is 39.7 Å². The molecule has 178 valence electrons. The largest absolute Gasteiger partial charge is 0.493 e. The second-order valence-corrected chi connectivity index (χ2v) is 8.50. The van der Waals surface area contributed by atoms with Gasteiger partial charge in [-0.05, 0) is 58.1 Å². The standard InChI is InChI=1S/C24H29BrFN3O4/c1-5-6-11-33-22-18(25)12-16(13-20(22)32-4)14-27-29-24(31)21(15(2)3)28-23(30)17-9-7-8-10-19(17)26/h7-10,12-15,21H,5-6,11H2,1-4H3,(H,28,30)(H,29,31). The monoisotopic (exact) mass is 521 g/mol. The number of methoxy groups -OCH3 is 1. The number of hydrogen-bond acceptors (Lipinski definition) is 5. The van der Waals surface area contributed by atoms with E-state index in [0.717, 1.165) is 12.8 Å². The zero-order chi connectivity index (χ0) is 24.4. The second kappa shape index (κ2) is 12.9. The molecule has 0 heterocycles. The van der Waals surface area contributed by atoms with Crippen LogP contribution in [-0.4, -0.2) is 37.8 Å². The third-order valence-corrected chi connectivity index (χ3v) is 5.33. The van der Waals surface area contributed by atoms with Crippen LogP contribution in [0.15, 0.2) is 46.0 Å². The Morgan fingerprint density at radius 3 is 2.61 bits per heavy atom. The fraction of sp³-hybridized carbons (Fsp3) is 0.375. The highest BCUT2D eigenvalue weighted by Crippen LogP contribution is 2.36. The van der Waals surface area contributed by atoms with Gasteiger partial charge in [0.05, 0.1) is 30.0 Å². The van der Waals surface area contributed by atoms with Crippen molar-refractivity contribution in [2.24, 2.45) is 11.0 Å². The Bertz CT molecular complexity index is 998. The van der Waals surface area contributed by atoms with Crippen LogP contribution >= 0.6 is 15.9 Å². The zero-order valence-corrected chi connectivity index (χ0v) is 20.7. The molecule has 0 fully saturated rings. The lowest BCUT2D eigenvalue weighted by Gasteiger charge is -2.20. The number of carbonyl (C=O) groups is 2. The summed E-state index contributed by atoms with van der Waals surface area (Å²) in [6.07, 6.45) is 3.40. The number of hydrogen-bond donors (Lipinski definition) is 2. The average molecular weight is 522 g/mol. The van der Waals surface area contributed by atoms with Gasteiger partial charge >= 0.3 is 0 Å². The van der Waals surface area contributed by atoms with Crippen LogP contribution in [0.25, 0.3) is 0 Å². The summed E-state index contributed by atoms with van der Waals surface area (Å²) in [6.45, 7) is 6.20. The van der Waals surface area contributed by atoms with Crippen molar-refractivity contribution in [3.63, 3.8) is 0 Å². The molecule has 7 nitrogen and oxygen atoms in total. The summed E-state index contributed by atoms with van der Waals surface area (Å²) in [7, 11) is 1.54. The van der Waals surface area contributed by atoms with Gasteiger partial charge in [0.2, 0.25) is 0 Å². The molecule has 0 aliphatic heterocycles. The Morgan fingerprint density at radius 2 is 1.97 bits per heavy atom. The van der Waals surface area contributed by atoms with Crippen LogP contribution in [-0.2, 0) is 4.79 Å². The van der Waals surface area contributed by atoms with Crippen molar-refractivity contribution in [2.75, 3.05) is 13.7 Å². The Kier molecular flexibility index (Phi) is 10.3. The number of ether oxygens (including phenoxy) is 2. The molecule has 0 saturated heterocycles. The summed E-state index contributed by atoms with van der Waals surface area (Å²) in [5.74, 6) is -0.953. The van der Waals surface area contributed by atoms with Gasteiger partial charge < -0.3 is 14.8 Å². The first-order chi connectivity index (χ1) is 15.8. The molecule has 0 radical (unpaired) electrons. The highest BCUT2D eigenvalue weighted by atomic mass is 79.9. The first-order valence-corrected chi connectivity index (χ1v) is 11.5. The minimum Gasteiger partial charge on any atom is -0.493 e. The van der Waals surface area contributed by atoms with Gasteiger partial charge in [0.25, 0.3) is 11.8 Å². The Morgan fingerprint density at radius 1 is 1.24 bits per heavy atom. The molecule has 1 unspecified atom stereocenters. The van der Waals surface area contributed by atoms with E-state index in [1.807, 2.05) is 0 Å². The third kappa shape index (κ3) is 7.56. The topological polar surface area (TPSA) is 89.0 Å². The van der Waals surface area contributed by atoms with Crippen LogP contribution in [0.3, 0.4) is 0 Å². The molecule has 0 aliphatic carbocycles. The highest BCUT2D eigenvalue weighted by Gasteiger charge is 2.25. The van der Waals surface area contributed by atoms with Crippen molar-refractivity contribution in [1.29, 1.82) is 0 Å². The minimum absolute atomic E-state index is 0.127. The van der Waals surface area contributed by atoms with Crippen LogP contribution in [0.4, 0.5) is 4.39 Å². The molecule has 2 aromatic rings. The van der Waals surface area contributed by atoms with Gasteiger partial charge in [-0.25, -0.2) is 9.82 Å². The lowest BCUT2D eigenvalue weighted by molar-refractivity contribution is -0.123. The lowest BCUT2D eigenvalue weighted by atomic mass is 10.0. The number of unbranched alkanes of at least 4 members (excludes halogenated alkanes) is 1. The summed E-state index contributed by atoms with van der Waals surface area (Å²) in [5.41, 5.74) is 2.97. The molecule has 0 bridgehead atoms. The summed E-state index contributed by atoms with van der Waals surface area (Å²) in [4.78, 5) is 25.0. The maximum atomic E-state index is 13.9. The van der Waals surface area contributed by atoms with Gasteiger partial charge in [-0.15, -0.1) is 0 Å². The highest BCUT2D eigenvalue weighted by molar-refractivity contribution is 9.10. The van der Waals surface area contributed by atoms with E-state index in [2.05, 4.69) is 38.7 Å². The number of carbonyl (C=O) groups excluding carboxylic acids is 2. The van der Waals surface area contributed by atoms with Gasteiger partial charge in [0, 0.05) is 0 Å². The first-order valence-electron chi connectivity index (χ1n) is 10.7. The first kappa shape index (κ1) is 26.3. The average Bonchev–Trinajstić information content (AvgIpc) is 2.78. The Labute approximate surface area is 201 Å². The minimum atomic E-state index is -0.898. The number of nitrogens with zero attached hydrogens (tertiary/aromatic N) is 1. The molecule has 2 aromatic carbocycles. The van der Waals surface area contributed by atoms with Crippen LogP contribution < -0.4 is 20.2 Å². The summed E-state index contributed by atoms with van der Waals surface area (Å²) in [6, 6.07) is 8.23. The molecular formula is C24H29BrFN3O4. The van der Waals surface area contributed by atoms with Crippen molar-refractivity contribution in [3.8, 4) is 11.5 Å². The van der Waals surface area contributed by atoms with Gasteiger partial charge in [-0.3, -0.25) is 9.59 Å². The third-order valence-electron chi connectivity index (χ3n) is 4.74. The number of rotatable bonds is 11. The predicted molar refractivity (Wildman–Crippen MR) is 129 cm³/mol. The van der Waals surface area contributed by atoms with Gasteiger partial charge in [-0.1, -0.05) is 39.3 Å². The van der Waals surface area contributed by atoms with Crippen LogP contribution in [0.2, 0.25) is 0 Å². The normalized spacial score (nSPS) is 12.0. The molecule has 33 heavy (non-hydrogen) atoms. The fourth-order valence-electron chi connectivity index (χ4n) is 2.91. The van der Waals surface area contributed by atoms with Gasteiger partial charge in [0.1, 0.15) is 11.9 Å². The number of halogens is 2. The second-order valence-electron chi connectivity index (χ2n) is 7.65. The Hall–Kier alpha value is -2.94. The SMILES string of the molecule is CCCCOc1c(Br)cc(C=NNC(=O)C(NC(=O)c2ccccc2F)C(C)C)cc1OC. The van der Waals surface area contributed by atoms with Crippen molar-refractivity contribution < 1.29 is 23.5 Å². The lowest BCUT2D eigenvalue weighted by Crippen LogP contribution is -2.48. The van der Waals surface area contributed by atoms with Gasteiger partial charge in [-0.2, -0.15) is 5.10 Å². The van der Waals surface area contributed by atoms with E-state index in [-0.39, 0.29) is 11.5 Å². The van der Waals surface area contributed by atoms with Crippen LogP contribution in [0.5, 0.6) is 11.5 Å². The summed E-state index contributed by atoms with van der Waals surface area (Å²) < 4.78 is 25.8. The number of nitrogens with one attached hydrogen (secondary N) is 2. The molecule has 0 saturated carbocycles. The van der Waals surface area contributed by atoms with Crippen LogP contribution in [0.1, 0.15) is 49.5 Å². The van der Waals surface area contributed by atoms with E-state index in [9.17, 15) is 14.0 Å². The summed E-state index contributed by atoms with van der Waals surface area (Å²) in [5, 5.41) is 6.57. The van der Waals surface area contributed by atoms with E-state index in [0.29, 0.717) is 28.1 Å². The van der Waals surface area contributed by atoms with E-state index >= 15 is 0 Å². The quantitative estimate of drug-likeness (QED) is 0.255. The van der Waals surface area contributed by atoms with Crippen LogP contribution in [0, 0.1) is 11.7 Å². The molecule has 0 spiro atoms. The maximum Gasteiger partial charge on any atom is 0.262 e. The Balaban J connectivity index is 2.07. The van der Waals surface area contributed by atoms with Crippen molar-refractivity contribution in [1.82, 2.24) is 10.7 Å². The maximum absolute atomic E-state index is 13.9.